The van der Waals surface area contributed by atoms with E-state index in [1.165, 1.54) is 39.0 Å². The third kappa shape index (κ3) is 2.00. The second kappa shape index (κ2) is 4.16. The molecule has 0 atom stereocenters. The molecular formula is C9H7BrN2S3. The lowest BCUT2D eigenvalue weighted by atomic mass is 10.2. The molecule has 2 nitrogen and oxygen atoms in total. The van der Waals surface area contributed by atoms with E-state index >= 15 is 0 Å². The van der Waals surface area contributed by atoms with E-state index in [0.717, 1.165) is 10.8 Å². The summed E-state index contributed by atoms with van der Waals surface area (Å²) in [6.45, 7) is 0. The Balaban J connectivity index is 2.02. The van der Waals surface area contributed by atoms with E-state index in [0.29, 0.717) is 4.73 Å². The highest BCUT2D eigenvalue weighted by Gasteiger charge is 2.16. The van der Waals surface area contributed by atoms with Crippen LogP contribution in [-0.4, -0.2) is 15.1 Å². The maximum Gasteiger partial charge on any atom is 0.209 e. The molecule has 1 aliphatic heterocycles. The van der Waals surface area contributed by atoms with Gasteiger partial charge in [-0.25, -0.2) is 4.98 Å². The quantitative estimate of drug-likeness (QED) is 0.799. The van der Waals surface area contributed by atoms with Crippen molar-refractivity contribution in [1.82, 2.24) is 9.36 Å². The monoisotopic (exact) mass is 318 g/mol. The Morgan fingerprint density at radius 2 is 2.33 bits per heavy atom. The molecule has 0 saturated carbocycles. The summed E-state index contributed by atoms with van der Waals surface area (Å²) in [6, 6.07) is 2.28. The summed E-state index contributed by atoms with van der Waals surface area (Å²) >= 11 is 8.64. The third-order valence-electron chi connectivity index (χ3n) is 2.24. The molecule has 0 unspecified atom stereocenters. The molecule has 2 aromatic rings. The van der Waals surface area contributed by atoms with Crippen LogP contribution in [0, 0.1) is 0 Å². The first-order valence-electron chi connectivity index (χ1n) is 4.52. The van der Waals surface area contributed by atoms with Crippen LogP contribution < -0.4 is 0 Å². The van der Waals surface area contributed by atoms with E-state index in [2.05, 4.69) is 31.4 Å². The fourth-order valence-corrected chi connectivity index (χ4v) is 5.04. The van der Waals surface area contributed by atoms with Gasteiger partial charge in [0.25, 0.3) is 0 Å². The Hall–Kier alpha value is 0.0900. The summed E-state index contributed by atoms with van der Waals surface area (Å²) in [6.07, 6.45) is 1.21. The maximum absolute atomic E-state index is 4.35. The molecule has 0 amide bonds. The standard InChI is InChI=1S/C9H7BrN2S3/c10-9-11-8(15-12-9)7-3-5-4-13-2-1-6(5)14-7/h3H,1-2,4H2. The van der Waals surface area contributed by atoms with Gasteiger partial charge in [0.2, 0.25) is 4.73 Å². The summed E-state index contributed by atoms with van der Waals surface area (Å²) in [5.74, 6) is 2.42. The second-order valence-corrected chi connectivity index (χ2v) is 6.93. The lowest BCUT2D eigenvalue weighted by Crippen LogP contribution is -1.96. The summed E-state index contributed by atoms with van der Waals surface area (Å²) in [5.41, 5.74) is 1.50. The van der Waals surface area contributed by atoms with Crippen molar-refractivity contribution < 1.29 is 0 Å². The van der Waals surface area contributed by atoms with Crippen molar-refractivity contribution in [2.24, 2.45) is 0 Å². The molecule has 0 fully saturated rings. The van der Waals surface area contributed by atoms with Crippen LogP contribution in [0.25, 0.3) is 9.88 Å². The molecule has 0 saturated heterocycles. The number of fused-ring (bicyclic) bond motifs is 1. The lowest BCUT2D eigenvalue weighted by Gasteiger charge is -2.08. The normalized spacial score (nSPS) is 15.3. The average Bonchev–Trinajstić information content (AvgIpc) is 2.82. The van der Waals surface area contributed by atoms with Crippen LogP contribution in [0.3, 0.4) is 0 Å². The first kappa shape index (κ1) is 10.3. The van der Waals surface area contributed by atoms with Crippen molar-refractivity contribution in [3.05, 3.63) is 21.2 Å². The van der Waals surface area contributed by atoms with E-state index in [1.807, 2.05) is 23.1 Å². The highest BCUT2D eigenvalue weighted by atomic mass is 79.9. The number of nitrogens with zero attached hydrogens (tertiary/aromatic N) is 2. The Morgan fingerprint density at radius 1 is 1.40 bits per heavy atom. The van der Waals surface area contributed by atoms with Crippen molar-refractivity contribution in [2.45, 2.75) is 12.2 Å². The fraction of sp³-hybridized carbons (Fsp3) is 0.333. The second-order valence-electron chi connectivity index (χ2n) is 3.23. The van der Waals surface area contributed by atoms with Crippen LogP contribution >= 0.6 is 50.6 Å². The van der Waals surface area contributed by atoms with Crippen molar-refractivity contribution in [2.75, 3.05) is 5.75 Å². The SMILES string of the molecule is Brc1nsc(-c2cc3c(s2)CCSC3)n1. The molecular weight excluding hydrogens is 312 g/mol. The molecule has 0 aromatic carbocycles. The number of halogens is 1. The zero-order valence-electron chi connectivity index (χ0n) is 7.70. The molecule has 0 radical (unpaired) electrons. The zero-order chi connectivity index (χ0) is 10.3. The largest absolute Gasteiger partial charge is 0.209 e. The van der Waals surface area contributed by atoms with Crippen LogP contribution in [0.1, 0.15) is 10.4 Å². The topological polar surface area (TPSA) is 25.8 Å². The smallest absolute Gasteiger partial charge is 0.208 e. The number of hydrogen-bond acceptors (Lipinski definition) is 5. The maximum atomic E-state index is 4.35. The highest BCUT2D eigenvalue weighted by Crippen LogP contribution is 2.37. The van der Waals surface area contributed by atoms with Gasteiger partial charge in [0.05, 0.1) is 4.88 Å². The summed E-state index contributed by atoms with van der Waals surface area (Å²) < 4.78 is 4.85. The molecule has 0 aliphatic carbocycles. The molecule has 0 spiro atoms. The third-order valence-corrected chi connectivity index (χ3v) is 5.96. The highest BCUT2D eigenvalue weighted by molar-refractivity contribution is 9.10. The average molecular weight is 319 g/mol. The van der Waals surface area contributed by atoms with Gasteiger partial charge in [0, 0.05) is 10.6 Å². The van der Waals surface area contributed by atoms with Crippen molar-refractivity contribution >= 4 is 50.6 Å². The summed E-state index contributed by atoms with van der Waals surface area (Å²) in [5, 5.41) is 1.03. The summed E-state index contributed by atoms with van der Waals surface area (Å²) in [7, 11) is 0. The molecule has 0 bridgehead atoms. The number of rotatable bonds is 1. The number of aryl methyl sites for hydroxylation is 1. The molecule has 15 heavy (non-hydrogen) atoms. The Kier molecular flexibility index (Phi) is 2.84. The molecule has 3 heterocycles. The van der Waals surface area contributed by atoms with Gasteiger partial charge in [-0.1, -0.05) is 0 Å². The summed E-state index contributed by atoms with van der Waals surface area (Å²) in [4.78, 5) is 7.16. The molecule has 78 valence electrons. The molecule has 2 aromatic heterocycles. The van der Waals surface area contributed by atoms with Crippen LogP contribution in [-0.2, 0) is 12.2 Å². The molecule has 6 heteroatoms. The van der Waals surface area contributed by atoms with Gasteiger partial charge in [0.15, 0.2) is 5.01 Å². The van der Waals surface area contributed by atoms with Crippen LogP contribution in [0.5, 0.6) is 0 Å². The Bertz CT molecular complexity index is 468. The van der Waals surface area contributed by atoms with Gasteiger partial charge >= 0.3 is 0 Å². The Morgan fingerprint density at radius 3 is 3.07 bits per heavy atom. The predicted octanol–water partition coefficient (Wildman–Crippen LogP) is 3.82. The van der Waals surface area contributed by atoms with E-state index in [4.69, 9.17) is 0 Å². The zero-order valence-corrected chi connectivity index (χ0v) is 11.7. The van der Waals surface area contributed by atoms with Crippen LogP contribution in [0.15, 0.2) is 10.8 Å². The molecule has 3 rings (SSSR count). The van der Waals surface area contributed by atoms with E-state index < -0.39 is 0 Å². The number of hydrogen-bond donors (Lipinski definition) is 0. The first-order chi connectivity index (χ1) is 7.33. The lowest BCUT2D eigenvalue weighted by molar-refractivity contribution is 1.13. The molecule has 0 N–H and O–H groups in total. The van der Waals surface area contributed by atoms with Gasteiger partial charge in [-0.15, -0.1) is 11.3 Å². The van der Waals surface area contributed by atoms with Crippen molar-refractivity contribution in [3.63, 3.8) is 0 Å². The van der Waals surface area contributed by atoms with E-state index in [9.17, 15) is 0 Å². The van der Waals surface area contributed by atoms with Crippen LogP contribution in [0.4, 0.5) is 0 Å². The van der Waals surface area contributed by atoms with Crippen molar-refractivity contribution in [3.8, 4) is 9.88 Å². The van der Waals surface area contributed by atoms with Gasteiger partial charge in [-0.2, -0.15) is 16.1 Å². The number of aromatic nitrogens is 2. The minimum atomic E-state index is 0.697. The molecule has 1 aliphatic rings. The minimum absolute atomic E-state index is 0.697. The van der Waals surface area contributed by atoms with Gasteiger partial charge in [0.1, 0.15) is 0 Å². The number of thioether (sulfide) groups is 1. The van der Waals surface area contributed by atoms with Gasteiger partial charge < -0.3 is 0 Å². The van der Waals surface area contributed by atoms with Gasteiger partial charge in [-0.3, -0.25) is 0 Å². The van der Waals surface area contributed by atoms with Crippen molar-refractivity contribution in [1.29, 1.82) is 0 Å². The Labute approximate surface area is 108 Å². The van der Waals surface area contributed by atoms with E-state index in [1.54, 1.807) is 0 Å². The predicted molar refractivity (Wildman–Crippen MR) is 70.8 cm³/mol. The van der Waals surface area contributed by atoms with Crippen LogP contribution in [0.2, 0.25) is 0 Å². The first-order valence-corrected chi connectivity index (χ1v) is 8.05. The fourth-order valence-electron chi connectivity index (χ4n) is 1.56. The van der Waals surface area contributed by atoms with E-state index in [-0.39, 0.29) is 0 Å². The van der Waals surface area contributed by atoms with Gasteiger partial charge in [-0.05, 0) is 51.3 Å². The minimum Gasteiger partial charge on any atom is -0.208 e. The number of thiophene rings is 1.